The Morgan fingerprint density at radius 2 is 2.16 bits per heavy atom. The number of halogens is 2. The molecule has 1 atom stereocenters. The van der Waals surface area contributed by atoms with Gasteiger partial charge in [0.05, 0.1) is 12.2 Å². The number of aromatic nitrogens is 1. The summed E-state index contributed by atoms with van der Waals surface area (Å²) in [4.78, 5) is 4.29. The summed E-state index contributed by atoms with van der Waals surface area (Å²) in [6.07, 6.45) is 0. The Labute approximate surface area is 116 Å². The molecule has 0 bridgehead atoms. The van der Waals surface area contributed by atoms with Crippen molar-refractivity contribution in [1.82, 2.24) is 10.3 Å². The van der Waals surface area contributed by atoms with E-state index in [1.807, 2.05) is 20.8 Å². The Morgan fingerprint density at radius 3 is 2.74 bits per heavy atom. The standard InChI is InChI=1S/C14H16ClFN2O/c1-8-10(3)19-14(18-8)7-17-9(2)12-5-4-11(16)6-13(12)15/h4-6,9,17H,7H2,1-3H3. The summed E-state index contributed by atoms with van der Waals surface area (Å²) < 4.78 is 18.5. The molecule has 102 valence electrons. The van der Waals surface area contributed by atoms with Crippen LogP contribution in [-0.2, 0) is 6.54 Å². The third-order valence-corrected chi connectivity index (χ3v) is 3.39. The summed E-state index contributed by atoms with van der Waals surface area (Å²) in [6.45, 7) is 6.25. The van der Waals surface area contributed by atoms with Crippen molar-refractivity contribution in [3.8, 4) is 0 Å². The van der Waals surface area contributed by atoms with Crippen molar-refractivity contribution in [2.75, 3.05) is 0 Å². The molecule has 0 amide bonds. The highest BCUT2D eigenvalue weighted by atomic mass is 35.5. The Balaban J connectivity index is 2.03. The molecule has 1 aromatic heterocycles. The number of hydrogen-bond donors (Lipinski definition) is 1. The second kappa shape index (κ2) is 5.72. The second-order valence-electron chi connectivity index (χ2n) is 4.52. The minimum absolute atomic E-state index is 0.0133. The molecule has 0 aliphatic heterocycles. The molecule has 0 aliphatic rings. The minimum Gasteiger partial charge on any atom is -0.444 e. The average molecular weight is 283 g/mol. The normalized spacial score (nSPS) is 12.7. The fraction of sp³-hybridized carbons (Fsp3) is 0.357. The lowest BCUT2D eigenvalue weighted by molar-refractivity contribution is 0.432. The molecule has 1 heterocycles. The SMILES string of the molecule is Cc1nc(CNC(C)c2ccc(F)cc2Cl)oc1C. The summed E-state index contributed by atoms with van der Waals surface area (Å²) in [7, 11) is 0. The van der Waals surface area contributed by atoms with Crippen LogP contribution in [0.3, 0.4) is 0 Å². The largest absolute Gasteiger partial charge is 0.444 e. The molecule has 0 saturated heterocycles. The van der Waals surface area contributed by atoms with E-state index in [1.165, 1.54) is 12.1 Å². The van der Waals surface area contributed by atoms with E-state index in [1.54, 1.807) is 6.07 Å². The fourth-order valence-electron chi connectivity index (χ4n) is 1.82. The van der Waals surface area contributed by atoms with Crippen LogP contribution < -0.4 is 5.32 Å². The second-order valence-corrected chi connectivity index (χ2v) is 4.92. The van der Waals surface area contributed by atoms with Crippen LogP contribution in [0.1, 0.15) is 35.9 Å². The molecule has 2 rings (SSSR count). The maximum atomic E-state index is 13.0. The topological polar surface area (TPSA) is 38.1 Å². The van der Waals surface area contributed by atoms with Crippen molar-refractivity contribution in [3.05, 3.63) is 51.9 Å². The molecule has 0 saturated carbocycles. The monoisotopic (exact) mass is 282 g/mol. The molecule has 0 spiro atoms. The first-order valence-electron chi connectivity index (χ1n) is 6.08. The first-order valence-corrected chi connectivity index (χ1v) is 6.46. The molecule has 5 heteroatoms. The predicted molar refractivity (Wildman–Crippen MR) is 72.6 cm³/mol. The fourth-order valence-corrected chi connectivity index (χ4v) is 2.15. The lowest BCUT2D eigenvalue weighted by atomic mass is 10.1. The number of benzene rings is 1. The molecular formula is C14H16ClFN2O. The number of nitrogens with one attached hydrogen (secondary N) is 1. The highest BCUT2D eigenvalue weighted by molar-refractivity contribution is 6.31. The molecule has 2 aromatic rings. The van der Waals surface area contributed by atoms with Crippen LogP contribution in [0.5, 0.6) is 0 Å². The van der Waals surface area contributed by atoms with Crippen molar-refractivity contribution in [2.45, 2.75) is 33.4 Å². The Hall–Kier alpha value is -1.39. The number of nitrogens with zero attached hydrogens (tertiary/aromatic N) is 1. The van der Waals surface area contributed by atoms with Crippen LogP contribution in [0.4, 0.5) is 4.39 Å². The van der Waals surface area contributed by atoms with Crippen molar-refractivity contribution in [1.29, 1.82) is 0 Å². The molecule has 0 aliphatic carbocycles. The molecular weight excluding hydrogens is 267 g/mol. The lowest BCUT2D eigenvalue weighted by Crippen LogP contribution is -2.18. The molecule has 19 heavy (non-hydrogen) atoms. The summed E-state index contributed by atoms with van der Waals surface area (Å²) in [5.41, 5.74) is 1.74. The molecule has 0 fully saturated rings. The summed E-state index contributed by atoms with van der Waals surface area (Å²) in [6, 6.07) is 4.38. The molecule has 1 unspecified atom stereocenters. The third-order valence-electron chi connectivity index (χ3n) is 3.06. The van der Waals surface area contributed by atoms with Crippen molar-refractivity contribution in [3.63, 3.8) is 0 Å². The Morgan fingerprint density at radius 1 is 1.42 bits per heavy atom. The summed E-state index contributed by atoms with van der Waals surface area (Å²) >= 11 is 6.02. The van der Waals surface area contributed by atoms with Gasteiger partial charge in [0.1, 0.15) is 11.6 Å². The Bertz CT molecular complexity index is 563. The van der Waals surface area contributed by atoms with Gasteiger partial charge in [-0.05, 0) is 38.5 Å². The van der Waals surface area contributed by atoms with Gasteiger partial charge in [-0.25, -0.2) is 9.37 Å². The van der Waals surface area contributed by atoms with E-state index in [-0.39, 0.29) is 11.9 Å². The van der Waals surface area contributed by atoms with Gasteiger partial charge < -0.3 is 9.73 Å². The van der Waals surface area contributed by atoms with E-state index in [0.717, 1.165) is 17.0 Å². The van der Waals surface area contributed by atoms with Gasteiger partial charge in [0.15, 0.2) is 0 Å². The van der Waals surface area contributed by atoms with E-state index in [2.05, 4.69) is 10.3 Å². The van der Waals surface area contributed by atoms with Gasteiger partial charge >= 0.3 is 0 Å². The number of rotatable bonds is 4. The van der Waals surface area contributed by atoms with E-state index < -0.39 is 0 Å². The average Bonchev–Trinajstić information content (AvgIpc) is 2.66. The van der Waals surface area contributed by atoms with Crippen molar-refractivity contribution in [2.24, 2.45) is 0 Å². The van der Waals surface area contributed by atoms with Crippen molar-refractivity contribution >= 4 is 11.6 Å². The highest BCUT2D eigenvalue weighted by Crippen LogP contribution is 2.24. The van der Waals surface area contributed by atoms with Gasteiger partial charge in [-0.1, -0.05) is 17.7 Å². The highest BCUT2D eigenvalue weighted by Gasteiger charge is 2.12. The Kier molecular flexibility index (Phi) is 4.22. The number of hydrogen-bond acceptors (Lipinski definition) is 3. The molecule has 3 nitrogen and oxygen atoms in total. The van der Waals surface area contributed by atoms with Crippen LogP contribution in [-0.4, -0.2) is 4.98 Å². The number of oxazole rings is 1. The van der Waals surface area contributed by atoms with E-state index in [9.17, 15) is 4.39 Å². The van der Waals surface area contributed by atoms with Crippen LogP contribution in [0.25, 0.3) is 0 Å². The predicted octanol–water partition coefficient (Wildman–Crippen LogP) is 3.93. The van der Waals surface area contributed by atoms with Gasteiger partial charge in [-0.3, -0.25) is 0 Å². The van der Waals surface area contributed by atoms with Crippen LogP contribution >= 0.6 is 11.6 Å². The van der Waals surface area contributed by atoms with Gasteiger partial charge in [0.2, 0.25) is 5.89 Å². The van der Waals surface area contributed by atoms with Crippen LogP contribution in [0, 0.1) is 19.7 Å². The van der Waals surface area contributed by atoms with Crippen LogP contribution in [0.15, 0.2) is 22.6 Å². The van der Waals surface area contributed by atoms with Gasteiger partial charge in [-0.15, -0.1) is 0 Å². The number of aryl methyl sites for hydroxylation is 2. The third kappa shape index (κ3) is 3.33. The maximum Gasteiger partial charge on any atom is 0.208 e. The van der Waals surface area contributed by atoms with E-state index in [4.69, 9.17) is 16.0 Å². The quantitative estimate of drug-likeness (QED) is 0.923. The molecule has 1 aromatic carbocycles. The molecule has 0 radical (unpaired) electrons. The molecule has 1 N–H and O–H groups in total. The zero-order valence-corrected chi connectivity index (χ0v) is 11.9. The van der Waals surface area contributed by atoms with Gasteiger partial charge in [0, 0.05) is 11.1 Å². The smallest absolute Gasteiger partial charge is 0.208 e. The summed E-state index contributed by atoms with van der Waals surface area (Å²) in [5.74, 6) is 1.13. The zero-order chi connectivity index (χ0) is 14.0. The zero-order valence-electron chi connectivity index (χ0n) is 11.1. The lowest BCUT2D eigenvalue weighted by Gasteiger charge is -2.14. The maximum absolute atomic E-state index is 13.0. The van der Waals surface area contributed by atoms with Crippen molar-refractivity contribution < 1.29 is 8.81 Å². The van der Waals surface area contributed by atoms with E-state index >= 15 is 0 Å². The van der Waals surface area contributed by atoms with Gasteiger partial charge in [0.25, 0.3) is 0 Å². The first-order chi connectivity index (χ1) is 8.97. The minimum atomic E-state index is -0.333. The van der Waals surface area contributed by atoms with Gasteiger partial charge in [-0.2, -0.15) is 0 Å². The first kappa shape index (κ1) is 14.0. The van der Waals surface area contributed by atoms with Crippen LogP contribution in [0.2, 0.25) is 5.02 Å². The van der Waals surface area contributed by atoms with E-state index in [0.29, 0.717) is 17.5 Å². The summed E-state index contributed by atoms with van der Waals surface area (Å²) in [5, 5.41) is 3.67.